The number of rotatable bonds is 17. The molecule has 8 aliphatic heterocycles. The molecule has 0 radical (unpaired) electrons. The third-order valence-electron chi connectivity index (χ3n) is 25.3. The van der Waals surface area contributed by atoms with E-state index in [-0.39, 0.29) is 46.6 Å². The first kappa shape index (κ1) is 75.6. The smallest absolute Gasteiger partial charge is 0.311 e. The molecule has 98 heavy (non-hydrogen) atoms. The van der Waals surface area contributed by atoms with Gasteiger partial charge in [0.15, 0.2) is 37.7 Å². The number of carbonyl (C=O) groups is 1. The lowest BCUT2D eigenvalue weighted by molar-refractivity contribution is -0.414. The molecule has 8 saturated heterocycles. The number of aliphatic hydroxyl groups excluding tert-OH is 18. The van der Waals surface area contributed by atoms with Crippen LogP contribution in [0.3, 0.4) is 0 Å². The zero-order valence-corrected chi connectivity index (χ0v) is 56.0. The maximum atomic E-state index is 12.8. The van der Waals surface area contributed by atoms with Crippen LogP contribution in [0.15, 0.2) is 11.1 Å². The van der Waals surface area contributed by atoms with E-state index in [4.69, 9.17) is 66.3 Å². The van der Waals surface area contributed by atoms with Crippen LogP contribution in [0, 0.1) is 39.4 Å². The van der Waals surface area contributed by atoms with Gasteiger partial charge in [-0.05, 0) is 81.0 Å². The van der Waals surface area contributed by atoms with Crippen molar-refractivity contribution in [3.63, 3.8) is 0 Å². The Morgan fingerprint density at radius 2 is 1.01 bits per heavy atom. The summed E-state index contributed by atoms with van der Waals surface area (Å²) in [6.07, 6.45) is -49.0. The van der Waals surface area contributed by atoms with Crippen LogP contribution in [0.1, 0.15) is 113 Å². The minimum absolute atomic E-state index is 0.126. The first-order valence-electron chi connectivity index (χ1n) is 34.6. The zero-order chi connectivity index (χ0) is 71.0. The molecule has 0 aromatic carbocycles. The second-order valence-electron chi connectivity index (χ2n) is 30.8. The molecule has 0 amide bonds. The van der Waals surface area contributed by atoms with Crippen molar-refractivity contribution in [2.45, 2.75) is 308 Å². The molecule has 33 heteroatoms. The quantitative estimate of drug-likeness (QED) is 0.0476. The SMILES string of the molecule is C[C@@H]1C[C@]2(C[C@@H](C)[C@]3(CC[C@@]4(C)C5=C(CC[C@@]43C)[C@@]3(C)CC[C@H](O[C@@H]4O[C@H](CO[C@@H]6OC[C@H](O)[C@H](O)[C@H]6O[C@@H]6O[C@H](CO)[C@@H](O)[C@H](O[C@@H]7O[C@H](CO)[C@@H](O)[C@H](O)[C@H]7O[C@@H]7O[C@H](CO)[C@@H](O)[C@H](O)[C@H]7O)[C@H]6O[C@@H]6O[C@@H](C)[C@H](O)[C@@H](O)[C@H]6O)[C@@H](O)[C@H](O)[C@H]4O)[C@](C)(CO)[C@@H]3CC5)O2)OC1=O. The van der Waals surface area contributed by atoms with Gasteiger partial charge >= 0.3 is 5.97 Å². The second-order valence-corrected chi connectivity index (χ2v) is 30.8. The van der Waals surface area contributed by atoms with E-state index in [1.807, 2.05) is 13.8 Å². The minimum atomic E-state index is -2.16. The van der Waals surface area contributed by atoms with Crippen molar-refractivity contribution in [2.24, 2.45) is 39.4 Å². The Morgan fingerprint density at radius 1 is 0.480 bits per heavy atom. The average Bonchev–Trinajstić information content (AvgIpc) is 1.44. The van der Waals surface area contributed by atoms with Crippen molar-refractivity contribution in [2.75, 3.05) is 39.6 Å². The van der Waals surface area contributed by atoms with Crippen LogP contribution in [0.4, 0.5) is 0 Å². The molecule has 18 N–H and O–H groups in total. The fourth-order valence-corrected chi connectivity index (χ4v) is 19.3. The Labute approximate surface area is 565 Å². The molecule has 12 aliphatic rings. The number of hydrogen-bond donors (Lipinski definition) is 18. The van der Waals surface area contributed by atoms with E-state index in [9.17, 15) is 96.7 Å². The third kappa shape index (κ3) is 12.4. The van der Waals surface area contributed by atoms with Gasteiger partial charge in [0.1, 0.15) is 134 Å². The molecule has 4 aliphatic carbocycles. The van der Waals surface area contributed by atoms with E-state index >= 15 is 0 Å². The summed E-state index contributed by atoms with van der Waals surface area (Å²) < 4.78 is 86.1. The van der Waals surface area contributed by atoms with Gasteiger partial charge in [-0.25, -0.2) is 0 Å². The Bertz CT molecular complexity index is 2810. The Hall–Kier alpha value is -2.03. The zero-order valence-electron chi connectivity index (χ0n) is 56.0. The molecule has 562 valence electrons. The highest BCUT2D eigenvalue weighted by atomic mass is 16.8. The van der Waals surface area contributed by atoms with Gasteiger partial charge < -0.3 is 158 Å². The van der Waals surface area contributed by atoms with Crippen molar-refractivity contribution in [3.05, 3.63) is 11.1 Å². The van der Waals surface area contributed by atoms with E-state index in [1.165, 1.54) is 18.1 Å². The van der Waals surface area contributed by atoms with E-state index < -0.39 is 234 Å². The lowest BCUT2D eigenvalue weighted by Crippen LogP contribution is -2.69. The van der Waals surface area contributed by atoms with Gasteiger partial charge in [0.25, 0.3) is 0 Å². The maximum absolute atomic E-state index is 12.8. The van der Waals surface area contributed by atoms with Crippen LogP contribution in [-0.2, 0) is 71.1 Å². The number of carbonyl (C=O) groups excluding carboxylic acids is 1. The summed E-state index contributed by atoms with van der Waals surface area (Å²) in [5.74, 6) is -1.37. The van der Waals surface area contributed by atoms with E-state index in [1.54, 1.807) is 0 Å². The number of ether oxygens (including phenoxy) is 14. The van der Waals surface area contributed by atoms with Crippen LogP contribution in [0.2, 0.25) is 0 Å². The second kappa shape index (κ2) is 28.4. The molecule has 2 spiro atoms. The standard InChI is InChI=1S/C65H104O33/c1-24-16-64(97-53(24)84)17-25(2)65(98-64)15-14-62(6)28-8-9-34-60(4,27(28)10-13-63(62,65)7)12-11-35(61(34,5)23-69)92-55-47(82)44(79)40(75)33(91-55)22-86-57-50(37(72)29(70)21-85-57)95-59-52(96-54-46(81)42(77)36(71)26(3)87-54)49(41(76)32(20-68)90-59)93-58-51(45(80)39(74)31(19-67)89-58)94-56-48(83)43(78)38(73)30(18-66)88-56/h24-26,29-52,54-59,66-83H,8-23H2,1-7H3/t24-,25-,26+,29+,30-,31-,32-,33-,34-,35+,36+,37+,38-,39-,40-,41-,42-,43+,44+,45+,46-,47-,48-,49+,50-,51-,52-,54+,55+,56+,57+,58+,59+,60-,61-,62+,63+,64+,65+/m1/s1. The van der Waals surface area contributed by atoms with Gasteiger partial charge in [0.05, 0.1) is 63.4 Å². The summed E-state index contributed by atoms with van der Waals surface area (Å²) in [5, 5.41) is 200. The van der Waals surface area contributed by atoms with Crippen LogP contribution in [-0.4, -0.2) is 333 Å². The molecule has 12 rings (SSSR count). The first-order chi connectivity index (χ1) is 46.2. The van der Waals surface area contributed by atoms with Crippen molar-refractivity contribution in [1.29, 1.82) is 0 Å². The molecule has 0 bridgehead atoms. The van der Waals surface area contributed by atoms with E-state index in [2.05, 4.69) is 27.7 Å². The predicted molar refractivity (Wildman–Crippen MR) is 322 cm³/mol. The summed E-state index contributed by atoms with van der Waals surface area (Å²) in [6.45, 7) is 9.77. The van der Waals surface area contributed by atoms with Gasteiger partial charge in [-0.1, -0.05) is 52.7 Å². The molecule has 0 aromatic rings. The highest BCUT2D eigenvalue weighted by Gasteiger charge is 2.75. The van der Waals surface area contributed by atoms with Crippen LogP contribution in [0.25, 0.3) is 0 Å². The first-order valence-corrected chi connectivity index (χ1v) is 34.6. The summed E-state index contributed by atoms with van der Waals surface area (Å²) >= 11 is 0. The molecule has 0 unspecified atom stereocenters. The average molecular weight is 1410 g/mol. The predicted octanol–water partition coefficient (Wildman–Crippen LogP) is -5.86. The molecule has 8 heterocycles. The largest absolute Gasteiger partial charge is 0.433 e. The normalized spacial score (nSPS) is 55.9. The molecular formula is C65H104O33. The maximum Gasteiger partial charge on any atom is 0.311 e. The van der Waals surface area contributed by atoms with Crippen molar-refractivity contribution >= 4 is 5.97 Å². The monoisotopic (exact) mass is 1410 g/mol. The Balaban J connectivity index is 0.771. The molecule has 10 fully saturated rings. The van der Waals surface area contributed by atoms with E-state index in [0.717, 1.165) is 32.1 Å². The molecule has 0 aromatic heterocycles. The van der Waals surface area contributed by atoms with Crippen LogP contribution in [0.5, 0.6) is 0 Å². The lowest BCUT2D eigenvalue weighted by Gasteiger charge is -2.63. The summed E-state index contributed by atoms with van der Waals surface area (Å²) in [7, 11) is 0. The molecule has 2 saturated carbocycles. The number of esters is 1. The van der Waals surface area contributed by atoms with Gasteiger partial charge in [0, 0.05) is 23.7 Å². The van der Waals surface area contributed by atoms with Crippen LogP contribution < -0.4 is 0 Å². The van der Waals surface area contributed by atoms with Crippen LogP contribution >= 0.6 is 0 Å². The fourth-order valence-electron chi connectivity index (χ4n) is 19.3. The number of hydrogen-bond acceptors (Lipinski definition) is 33. The summed E-state index contributed by atoms with van der Waals surface area (Å²) in [6, 6.07) is 0. The minimum Gasteiger partial charge on any atom is -0.433 e. The highest BCUT2D eigenvalue weighted by Crippen LogP contribution is 2.76. The Kier molecular flexibility index (Phi) is 21.9. The topological polar surface area (TPSA) is 510 Å². The van der Waals surface area contributed by atoms with Gasteiger partial charge in [-0.15, -0.1) is 0 Å². The number of aliphatic hydroxyl groups is 18. The summed E-state index contributed by atoms with van der Waals surface area (Å²) in [4.78, 5) is 12.8. The number of allylic oxidation sites excluding steroid dienone is 2. The highest BCUT2D eigenvalue weighted by molar-refractivity contribution is 5.74. The van der Waals surface area contributed by atoms with Crippen molar-refractivity contribution < 1.29 is 163 Å². The molecule has 39 atom stereocenters. The van der Waals surface area contributed by atoms with Gasteiger partial charge in [0.2, 0.25) is 5.79 Å². The van der Waals surface area contributed by atoms with Gasteiger partial charge in [-0.3, -0.25) is 4.79 Å². The van der Waals surface area contributed by atoms with Crippen molar-refractivity contribution in [1.82, 2.24) is 0 Å². The van der Waals surface area contributed by atoms with Crippen molar-refractivity contribution in [3.8, 4) is 0 Å². The number of fused-ring (bicyclic) bond motifs is 5. The van der Waals surface area contributed by atoms with Gasteiger partial charge in [-0.2, -0.15) is 0 Å². The summed E-state index contributed by atoms with van der Waals surface area (Å²) in [5.41, 5.74) is 0.501. The molecule has 33 nitrogen and oxygen atoms in total. The third-order valence-corrected chi connectivity index (χ3v) is 25.3. The molecular weight excluding hydrogens is 1310 g/mol. The Morgan fingerprint density at radius 3 is 1.63 bits per heavy atom. The van der Waals surface area contributed by atoms with E-state index in [0.29, 0.717) is 32.1 Å². The lowest BCUT2D eigenvalue weighted by atomic mass is 9.42. The fraction of sp³-hybridized carbons (Fsp3) is 0.954.